The second-order valence-corrected chi connectivity index (χ2v) is 19.0. The van der Waals surface area contributed by atoms with Gasteiger partial charge in [-0.3, -0.25) is 0 Å². The fourth-order valence-electron chi connectivity index (χ4n) is 9.15. The molecule has 4 aromatic carbocycles. The van der Waals surface area contributed by atoms with Crippen molar-refractivity contribution in [2.45, 2.75) is 221 Å². The van der Waals surface area contributed by atoms with Crippen LogP contribution in [0.4, 0.5) is 0 Å². The molecule has 0 unspecified atom stereocenters. The molecule has 5 rings (SSSR count). The van der Waals surface area contributed by atoms with Gasteiger partial charge in [0.25, 0.3) is 0 Å². The second-order valence-electron chi connectivity index (χ2n) is 19.0. The van der Waals surface area contributed by atoms with Crippen LogP contribution in [0.1, 0.15) is 228 Å². The number of allylic oxidation sites excluding steroid dienone is 4. The van der Waals surface area contributed by atoms with Crippen LogP contribution in [-0.2, 0) is 42.5 Å². The third-order valence-corrected chi connectivity index (χ3v) is 13.2. The fraction of sp³-hybridized carbons (Fsp3) is 0.531. The molecule has 0 amide bonds. The Labute approximate surface area is 432 Å². The number of unbranched alkanes of at least 4 members (excludes halogenated alkanes) is 19. The summed E-state index contributed by atoms with van der Waals surface area (Å²) in [4.78, 5) is 0. The van der Waals surface area contributed by atoms with E-state index in [9.17, 15) is 5.53 Å². The zero-order valence-electron chi connectivity index (χ0n) is 43.9. The van der Waals surface area contributed by atoms with Crippen LogP contribution in [0.25, 0.3) is 16.9 Å². The fourth-order valence-corrected chi connectivity index (χ4v) is 9.15. The van der Waals surface area contributed by atoms with Gasteiger partial charge in [-0.05, 0) is 105 Å². The van der Waals surface area contributed by atoms with Gasteiger partial charge in [-0.15, -0.1) is 0 Å². The largest absolute Gasteiger partial charge is 0.493 e. The van der Waals surface area contributed by atoms with Gasteiger partial charge in [-0.2, -0.15) is 0 Å². The van der Waals surface area contributed by atoms with E-state index in [0.717, 1.165) is 85.9 Å². The Morgan fingerprint density at radius 1 is 0.406 bits per heavy atom. The van der Waals surface area contributed by atoms with Crippen LogP contribution in [-0.4, -0.2) is 14.9 Å². The standard InChI is InChI=1S/C50H78N2.2C7H8O.Ni/c1-5-9-13-14-15-16-17-18-19-20-21-22-23-24-25-26-27-28-29-30-36-44-37-31-32-41-46(44)50-48(40-12-8-4)47(39-11-7-3)49(52(50)51)45-38-33-35-43(42-45)34-10-6-2;2*8-6-7-4-2-1-3-5-7;/h28-29,31-33,35,37-38,41-42H,5-27,30,34,36,39-40H2,1-4H3;2*1-5,8H,6H2;. The third kappa shape index (κ3) is 25.2. The molecule has 4 nitrogen and oxygen atoms in total. The predicted molar refractivity (Wildman–Crippen MR) is 294 cm³/mol. The van der Waals surface area contributed by atoms with E-state index in [1.54, 1.807) is 4.70 Å². The summed E-state index contributed by atoms with van der Waals surface area (Å²) < 4.78 is 1.58. The Bertz CT molecular complexity index is 1950. The van der Waals surface area contributed by atoms with E-state index in [0.29, 0.717) is 0 Å². The predicted octanol–water partition coefficient (Wildman–Crippen LogP) is 19.1. The van der Waals surface area contributed by atoms with Crippen molar-refractivity contribution < 1.29 is 31.4 Å². The normalized spacial score (nSPS) is 12.2. The van der Waals surface area contributed by atoms with E-state index in [1.807, 2.05) is 60.7 Å². The molecule has 0 fully saturated rings. The smallest absolute Gasteiger partial charge is 0.211 e. The van der Waals surface area contributed by atoms with E-state index in [4.69, 9.17) is 10.2 Å². The minimum absolute atomic E-state index is 0. The SMILES string of the molecule is CCCCCCCCCCCCCCCCCCC=CCCc1ccccc1C1=C(CCCC)C(CCCC)=C(c2cccc(CCCC)c2)[N+]1=[N-].OCc1ccccc1.OCc1ccccc1.[Ni]. The van der Waals surface area contributed by atoms with Gasteiger partial charge >= 0.3 is 0 Å². The van der Waals surface area contributed by atoms with E-state index >= 15 is 0 Å². The topological polar surface area (TPSA) is 65.8 Å². The molecule has 382 valence electrons. The van der Waals surface area contributed by atoms with Crippen LogP contribution in [0.2, 0.25) is 0 Å². The van der Waals surface area contributed by atoms with E-state index in [-0.39, 0.29) is 29.7 Å². The van der Waals surface area contributed by atoms with Gasteiger partial charge in [-0.25, -0.2) is 4.70 Å². The van der Waals surface area contributed by atoms with Crippen LogP contribution >= 0.6 is 0 Å². The molecule has 0 aliphatic carbocycles. The van der Waals surface area contributed by atoms with Crippen molar-refractivity contribution in [1.29, 1.82) is 0 Å². The molecule has 0 radical (unpaired) electrons. The number of aliphatic hydroxyl groups is 2. The molecule has 5 heteroatoms. The van der Waals surface area contributed by atoms with Gasteiger partial charge in [0.05, 0.1) is 13.2 Å². The zero-order chi connectivity index (χ0) is 48.7. The first-order chi connectivity index (χ1) is 33.5. The van der Waals surface area contributed by atoms with Gasteiger partial charge in [0.15, 0.2) is 0 Å². The van der Waals surface area contributed by atoms with Crippen molar-refractivity contribution in [2.24, 2.45) is 0 Å². The Kier molecular flexibility index (Phi) is 36.2. The van der Waals surface area contributed by atoms with Crippen molar-refractivity contribution in [1.82, 2.24) is 0 Å². The van der Waals surface area contributed by atoms with Crippen molar-refractivity contribution in [3.8, 4) is 0 Å². The van der Waals surface area contributed by atoms with E-state index in [1.165, 1.54) is 150 Å². The third-order valence-electron chi connectivity index (χ3n) is 13.2. The summed E-state index contributed by atoms with van der Waals surface area (Å²) in [7, 11) is 0. The maximum Gasteiger partial charge on any atom is 0.211 e. The number of rotatable bonds is 33. The molecule has 4 aromatic rings. The Morgan fingerprint density at radius 2 is 0.826 bits per heavy atom. The molecular formula is C64H94N2NiO2. The summed E-state index contributed by atoms with van der Waals surface area (Å²) >= 11 is 0. The Hall–Kier alpha value is -3.89. The average molecular weight is 982 g/mol. The Balaban J connectivity index is 0.000000802. The molecular weight excluding hydrogens is 887 g/mol. The monoisotopic (exact) mass is 981 g/mol. The molecule has 0 aromatic heterocycles. The van der Waals surface area contributed by atoms with Crippen molar-refractivity contribution in [3.63, 3.8) is 0 Å². The summed E-state index contributed by atoms with van der Waals surface area (Å²) in [5, 5.41) is 17.1. The Morgan fingerprint density at radius 3 is 1.32 bits per heavy atom. The molecule has 69 heavy (non-hydrogen) atoms. The van der Waals surface area contributed by atoms with Crippen LogP contribution in [0.3, 0.4) is 0 Å². The quantitative estimate of drug-likeness (QED) is 0.0216. The van der Waals surface area contributed by atoms with Crippen LogP contribution in [0.15, 0.2) is 132 Å². The number of nitrogens with zero attached hydrogens (tertiary/aromatic N) is 2. The minimum atomic E-state index is 0. The van der Waals surface area contributed by atoms with Gasteiger partial charge in [0.2, 0.25) is 11.4 Å². The number of aliphatic hydroxyl groups excluding tert-OH is 2. The summed E-state index contributed by atoms with van der Waals surface area (Å²) in [6.45, 7) is 9.39. The minimum Gasteiger partial charge on any atom is -0.493 e. The maximum atomic E-state index is 12.1. The van der Waals surface area contributed by atoms with Gasteiger partial charge in [-0.1, -0.05) is 246 Å². The van der Waals surface area contributed by atoms with Gasteiger partial charge in [0.1, 0.15) is 0 Å². The molecule has 2 N–H and O–H groups in total. The first-order valence-electron chi connectivity index (χ1n) is 27.6. The van der Waals surface area contributed by atoms with E-state index < -0.39 is 0 Å². The van der Waals surface area contributed by atoms with Crippen molar-refractivity contribution in [3.05, 3.63) is 171 Å². The summed E-state index contributed by atoms with van der Waals surface area (Å²) in [6.07, 6.45) is 40.9. The zero-order valence-corrected chi connectivity index (χ0v) is 44.9. The molecule has 0 bridgehead atoms. The molecule has 1 heterocycles. The number of hydrogen-bond donors (Lipinski definition) is 2. The second kappa shape index (κ2) is 40.8. The van der Waals surface area contributed by atoms with Crippen LogP contribution < -0.4 is 0 Å². The van der Waals surface area contributed by atoms with E-state index in [2.05, 4.69) is 88.4 Å². The molecule has 0 spiro atoms. The molecule has 0 saturated carbocycles. The van der Waals surface area contributed by atoms with Gasteiger partial charge in [0, 0.05) is 38.8 Å². The van der Waals surface area contributed by atoms with Gasteiger partial charge < -0.3 is 15.7 Å². The number of benzene rings is 4. The molecule has 1 aliphatic heterocycles. The average Bonchev–Trinajstić information content (AvgIpc) is 3.66. The summed E-state index contributed by atoms with van der Waals surface area (Å²) in [5.74, 6) is 0. The molecule has 1 aliphatic rings. The molecule has 0 saturated heterocycles. The molecule has 0 atom stereocenters. The maximum absolute atomic E-state index is 12.1. The van der Waals surface area contributed by atoms with Crippen LogP contribution in [0, 0.1) is 0 Å². The first-order valence-corrected chi connectivity index (χ1v) is 27.6. The van der Waals surface area contributed by atoms with Crippen molar-refractivity contribution >= 4 is 11.4 Å². The summed E-state index contributed by atoms with van der Waals surface area (Å²) in [6, 6.07) is 36.9. The number of aryl methyl sites for hydroxylation is 2. The summed E-state index contributed by atoms with van der Waals surface area (Å²) in [5.41, 5.74) is 23.9. The van der Waals surface area contributed by atoms with Crippen LogP contribution in [0.5, 0.6) is 0 Å². The van der Waals surface area contributed by atoms with Crippen molar-refractivity contribution in [2.75, 3.05) is 0 Å². The first kappa shape index (κ1) is 61.2. The number of hydrogen-bond acceptors (Lipinski definition) is 2.